The normalized spacial score (nSPS) is 24.5. The highest BCUT2D eigenvalue weighted by atomic mass is 15.3. The van der Waals surface area contributed by atoms with Crippen LogP contribution in [0.15, 0.2) is 24.5 Å². The van der Waals surface area contributed by atoms with Crippen molar-refractivity contribution < 1.29 is 0 Å². The topological polar surface area (TPSA) is 28.2 Å². The van der Waals surface area contributed by atoms with Gasteiger partial charge in [-0.25, -0.2) is 0 Å². The Morgan fingerprint density at radius 3 is 2.70 bits per heavy atom. The number of aromatic nitrogens is 1. The van der Waals surface area contributed by atoms with E-state index in [0.717, 1.165) is 13.1 Å². The SMILES string of the molecule is CCC1CNC(CC)(CC)CN1C(C)c1cccnc1. The lowest BCUT2D eigenvalue weighted by Crippen LogP contribution is -2.63. The Hall–Kier alpha value is -0.930. The second kappa shape index (κ2) is 6.68. The third-order valence-corrected chi connectivity index (χ3v) is 5.16. The highest BCUT2D eigenvalue weighted by Gasteiger charge is 2.38. The Kier molecular flexibility index (Phi) is 5.17. The fourth-order valence-corrected chi connectivity index (χ4v) is 3.36. The molecule has 0 amide bonds. The van der Waals surface area contributed by atoms with Crippen molar-refractivity contribution in [3.05, 3.63) is 30.1 Å². The maximum Gasteiger partial charge on any atom is 0.0339 e. The molecule has 0 saturated carbocycles. The molecule has 20 heavy (non-hydrogen) atoms. The van der Waals surface area contributed by atoms with Crippen LogP contribution in [0.4, 0.5) is 0 Å². The highest BCUT2D eigenvalue weighted by molar-refractivity contribution is 5.14. The van der Waals surface area contributed by atoms with Crippen molar-refractivity contribution in [2.75, 3.05) is 13.1 Å². The van der Waals surface area contributed by atoms with Gasteiger partial charge < -0.3 is 5.32 Å². The molecule has 1 aliphatic heterocycles. The van der Waals surface area contributed by atoms with E-state index in [1.54, 1.807) is 0 Å². The predicted octanol–water partition coefficient (Wildman–Crippen LogP) is 3.39. The maximum absolute atomic E-state index is 4.29. The fourth-order valence-electron chi connectivity index (χ4n) is 3.36. The molecule has 0 radical (unpaired) electrons. The van der Waals surface area contributed by atoms with Crippen molar-refractivity contribution in [3.63, 3.8) is 0 Å². The van der Waals surface area contributed by atoms with E-state index in [1.165, 1.54) is 24.8 Å². The first-order chi connectivity index (χ1) is 9.65. The van der Waals surface area contributed by atoms with Crippen molar-refractivity contribution in [2.24, 2.45) is 0 Å². The minimum absolute atomic E-state index is 0.280. The molecule has 0 aliphatic carbocycles. The zero-order valence-corrected chi connectivity index (χ0v) is 13.4. The molecule has 2 rings (SSSR count). The average Bonchev–Trinajstić information content (AvgIpc) is 2.54. The number of nitrogens with one attached hydrogen (secondary N) is 1. The van der Waals surface area contributed by atoms with Crippen molar-refractivity contribution >= 4 is 0 Å². The van der Waals surface area contributed by atoms with Crippen molar-refractivity contribution in [2.45, 2.75) is 64.6 Å². The zero-order chi connectivity index (χ0) is 14.6. The number of nitrogens with zero attached hydrogens (tertiary/aromatic N) is 2. The molecule has 0 aromatic carbocycles. The Labute approximate surface area is 123 Å². The van der Waals surface area contributed by atoms with Crippen LogP contribution in [0, 0.1) is 0 Å². The van der Waals surface area contributed by atoms with Crippen LogP contribution in [0.1, 0.15) is 58.6 Å². The Morgan fingerprint density at radius 2 is 2.15 bits per heavy atom. The summed E-state index contributed by atoms with van der Waals surface area (Å²) in [6, 6.07) is 5.30. The lowest BCUT2D eigenvalue weighted by molar-refractivity contribution is 0.0399. The second-order valence-corrected chi connectivity index (χ2v) is 6.07. The largest absolute Gasteiger partial charge is 0.308 e. The lowest BCUT2D eigenvalue weighted by atomic mass is 9.86. The first kappa shape index (κ1) is 15.5. The van der Waals surface area contributed by atoms with Crippen LogP contribution in [0.5, 0.6) is 0 Å². The van der Waals surface area contributed by atoms with Crippen molar-refractivity contribution in [1.82, 2.24) is 15.2 Å². The number of pyridine rings is 1. The first-order valence-electron chi connectivity index (χ1n) is 8.06. The van der Waals surface area contributed by atoms with Crippen LogP contribution in [-0.2, 0) is 0 Å². The van der Waals surface area contributed by atoms with Gasteiger partial charge in [0, 0.05) is 43.1 Å². The number of piperazine rings is 1. The number of rotatable bonds is 5. The summed E-state index contributed by atoms with van der Waals surface area (Å²) in [5.41, 5.74) is 1.61. The maximum atomic E-state index is 4.29. The number of hydrogen-bond acceptors (Lipinski definition) is 3. The van der Waals surface area contributed by atoms with E-state index in [0.29, 0.717) is 12.1 Å². The van der Waals surface area contributed by atoms with Crippen LogP contribution in [0.2, 0.25) is 0 Å². The van der Waals surface area contributed by atoms with E-state index in [9.17, 15) is 0 Å². The quantitative estimate of drug-likeness (QED) is 0.893. The molecule has 1 N–H and O–H groups in total. The van der Waals surface area contributed by atoms with Crippen LogP contribution in [0.3, 0.4) is 0 Å². The van der Waals surface area contributed by atoms with E-state index in [2.05, 4.69) is 49.0 Å². The van der Waals surface area contributed by atoms with Crippen LogP contribution < -0.4 is 5.32 Å². The van der Waals surface area contributed by atoms with Gasteiger partial charge in [0.2, 0.25) is 0 Å². The Bertz CT molecular complexity index is 400. The smallest absolute Gasteiger partial charge is 0.0339 e. The molecule has 1 saturated heterocycles. The molecule has 3 heteroatoms. The minimum atomic E-state index is 0.280. The van der Waals surface area contributed by atoms with Gasteiger partial charge in [0.15, 0.2) is 0 Å². The van der Waals surface area contributed by atoms with Crippen LogP contribution in [0.25, 0.3) is 0 Å². The van der Waals surface area contributed by atoms with Crippen molar-refractivity contribution in [3.8, 4) is 0 Å². The summed E-state index contributed by atoms with van der Waals surface area (Å²) >= 11 is 0. The third kappa shape index (κ3) is 3.04. The molecule has 1 fully saturated rings. The van der Waals surface area contributed by atoms with Gasteiger partial charge in [0.25, 0.3) is 0 Å². The highest BCUT2D eigenvalue weighted by Crippen LogP contribution is 2.30. The molecular formula is C17H29N3. The summed E-state index contributed by atoms with van der Waals surface area (Å²) in [6.07, 6.45) is 7.44. The summed E-state index contributed by atoms with van der Waals surface area (Å²) in [5, 5.41) is 3.81. The molecule has 3 nitrogen and oxygen atoms in total. The molecule has 2 unspecified atom stereocenters. The second-order valence-electron chi connectivity index (χ2n) is 6.07. The molecular weight excluding hydrogens is 246 g/mol. The summed E-state index contributed by atoms with van der Waals surface area (Å²) in [7, 11) is 0. The fraction of sp³-hybridized carbons (Fsp3) is 0.706. The molecule has 0 bridgehead atoms. The molecule has 2 heterocycles. The van der Waals surface area contributed by atoms with Gasteiger partial charge in [-0.3, -0.25) is 9.88 Å². The Morgan fingerprint density at radius 1 is 1.40 bits per heavy atom. The molecule has 112 valence electrons. The average molecular weight is 275 g/mol. The lowest BCUT2D eigenvalue weighted by Gasteiger charge is -2.49. The van der Waals surface area contributed by atoms with Gasteiger partial charge in [-0.15, -0.1) is 0 Å². The van der Waals surface area contributed by atoms with Gasteiger partial charge in [-0.05, 0) is 37.8 Å². The first-order valence-corrected chi connectivity index (χ1v) is 8.06. The minimum Gasteiger partial charge on any atom is -0.308 e. The van der Waals surface area contributed by atoms with Gasteiger partial charge >= 0.3 is 0 Å². The van der Waals surface area contributed by atoms with Crippen LogP contribution >= 0.6 is 0 Å². The van der Waals surface area contributed by atoms with Gasteiger partial charge in [0.05, 0.1) is 0 Å². The third-order valence-electron chi connectivity index (χ3n) is 5.16. The Balaban J connectivity index is 2.21. The predicted molar refractivity (Wildman–Crippen MR) is 84.8 cm³/mol. The van der Waals surface area contributed by atoms with Crippen molar-refractivity contribution in [1.29, 1.82) is 0 Å². The van der Waals surface area contributed by atoms with E-state index in [1.807, 2.05) is 18.5 Å². The summed E-state index contributed by atoms with van der Waals surface area (Å²) in [4.78, 5) is 6.97. The summed E-state index contributed by atoms with van der Waals surface area (Å²) < 4.78 is 0. The van der Waals surface area contributed by atoms with E-state index in [4.69, 9.17) is 0 Å². The molecule has 1 aliphatic rings. The van der Waals surface area contributed by atoms with E-state index < -0.39 is 0 Å². The molecule has 0 spiro atoms. The monoisotopic (exact) mass is 275 g/mol. The standard InChI is InChI=1S/C17H29N3/c1-5-16-12-19-17(6-2,7-3)13-20(16)14(4)15-9-8-10-18-11-15/h8-11,14,16,19H,5-7,12-13H2,1-4H3. The van der Waals surface area contributed by atoms with Gasteiger partial charge in [-0.2, -0.15) is 0 Å². The van der Waals surface area contributed by atoms with Crippen LogP contribution in [-0.4, -0.2) is 34.6 Å². The van der Waals surface area contributed by atoms with Gasteiger partial charge in [0.1, 0.15) is 0 Å². The summed E-state index contributed by atoms with van der Waals surface area (Å²) in [6.45, 7) is 11.4. The van der Waals surface area contributed by atoms with E-state index in [-0.39, 0.29) is 5.54 Å². The molecule has 1 aromatic heterocycles. The molecule has 2 atom stereocenters. The van der Waals surface area contributed by atoms with Gasteiger partial charge in [-0.1, -0.05) is 26.8 Å². The zero-order valence-electron chi connectivity index (χ0n) is 13.4. The number of hydrogen-bond donors (Lipinski definition) is 1. The summed E-state index contributed by atoms with van der Waals surface area (Å²) in [5.74, 6) is 0. The molecule has 1 aromatic rings. The van der Waals surface area contributed by atoms with E-state index >= 15 is 0 Å².